The Kier molecular flexibility index (Phi) is 6.96. The van der Waals surface area contributed by atoms with E-state index in [0.29, 0.717) is 12.8 Å². The Hall–Kier alpha value is -1.59. The van der Waals surface area contributed by atoms with E-state index in [1.807, 2.05) is 0 Å². The summed E-state index contributed by atoms with van der Waals surface area (Å²) in [6.07, 6.45) is 1.70. The Bertz CT molecular complexity index is 249. The number of carbonyl (C=O) groups excluding carboxylic acids is 2. The summed E-state index contributed by atoms with van der Waals surface area (Å²) in [4.78, 5) is 21.6. The molecule has 1 N–H and O–H groups in total. The Morgan fingerprint density at radius 2 is 1.73 bits per heavy atom. The summed E-state index contributed by atoms with van der Waals surface area (Å²) < 4.78 is 8.82. The molecule has 0 fully saturated rings. The molecule has 0 rings (SSSR count). The molecule has 0 aromatic heterocycles. The molecule has 0 spiro atoms. The van der Waals surface area contributed by atoms with Gasteiger partial charge in [-0.2, -0.15) is 0 Å². The van der Waals surface area contributed by atoms with Crippen LogP contribution in [0, 0.1) is 0 Å². The quantitative estimate of drug-likeness (QED) is 0.233. The fourth-order valence-corrected chi connectivity index (χ4v) is 0.975. The van der Waals surface area contributed by atoms with Gasteiger partial charge in [-0.15, -0.1) is 0 Å². The smallest absolute Gasteiger partial charge is 0.355 e. The topological polar surface area (TPSA) is 85.2 Å². The fraction of sp³-hybridized carbons (Fsp3) is 0.667. The second-order valence-corrected chi connectivity index (χ2v) is 2.82. The predicted octanol–water partition coefficient (Wildman–Crippen LogP) is 0.723. The van der Waals surface area contributed by atoms with Crippen LogP contribution in [0.15, 0.2) is 5.16 Å². The molecule has 0 heterocycles. The number of esters is 2. The monoisotopic (exact) mass is 217 g/mol. The number of hydrogen-bond donors (Lipinski definition) is 1. The summed E-state index contributed by atoms with van der Waals surface area (Å²) in [5, 5.41) is 11.3. The van der Waals surface area contributed by atoms with Crippen LogP contribution in [0.4, 0.5) is 0 Å². The fourth-order valence-electron chi connectivity index (χ4n) is 0.975. The summed E-state index contributed by atoms with van der Waals surface area (Å²) in [5.74, 6) is -0.953. The van der Waals surface area contributed by atoms with E-state index in [1.54, 1.807) is 0 Å². The summed E-state index contributed by atoms with van der Waals surface area (Å²) in [6.45, 7) is 0. The average Bonchev–Trinajstić information content (AvgIpc) is 2.27. The second kappa shape index (κ2) is 7.78. The summed E-state index contributed by atoms with van der Waals surface area (Å²) >= 11 is 0. The first-order valence-electron chi connectivity index (χ1n) is 4.51. The van der Waals surface area contributed by atoms with Gasteiger partial charge >= 0.3 is 11.9 Å². The Labute approximate surface area is 87.9 Å². The molecule has 6 nitrogen and oxygen atoms in total. The van der Waals surface area contributed by atoms with Crippen LogP contribution in [0.3, 0.4) is 0 Å². The van der Waals surface area contributed by atoms with Gasteiger partial charge in [-0.05, 0) is 12.8 Å². The number of ether oxygens (including phenoxy) is 2. The number of unbranched alkanes of at least 4 members (excludes halogenated alkanes) is 1. The number of hydrogen-bond acceptors (Lipinski definition) is 6. The van der Waals surface area contributed by atoms with E-state index >= 15 is 0 Å². The molecule has 0 saturated carbocycles. The number of carbonyl (C=O) groups is 2. The Morgan fingerprint density at radius 3 is 2.20 bits per heavy atom. The summed E-state index contributed by atoms with van der Waals surface area (Å²) in [7, 11) is 2.53. The standard InChI is InChI=1S/C9H15NO5/c1-14-8(11)6-4-3-5-7(10-13)9(12)15-2/h13H,3-6H2,1-2H3/b10-7-. The van der Waals surface area contributed by atoms with E-state index < -0.39 is 5.97 Å². The highest BCUT2D eigenvalue weighted by molar-refractivity contribution is 6.36. The van der Waals surface area contributed by atoms with Gasteiger partial charge in [0.05, 0.1) is 14.2 Å². The van der Waals surface area contributed by atoms with Crippen molar-refractivity contribution in [3.05, 3.63) is 0 Å². The molecule has 86 valence electrons. The summed E-state index contributed by atoms with van der Waals surface area (Å²) in [6, 6.07) is 0. The van der Waals surface area contributed by atoms with Gasteiger partial charge in [0.15, 0.2) is 5.71 Å². The largest absolute Gasteiger partial charge is 0.469 e. The minimum Gasteiger partial charge on any atom is -0.469 e. The molecule has 0 aliphatic rings. The molecule has 15 heavy (non-hydrogen) atoms. The number of nitrogens with zero attached hydrogens (tertiary/aromatic N) is 1. The highest BCUT2D eigenvalue weighted by Gasteiger charge is 2.12. The van der Waals surface area contributed by atoms with Crippen LogP contribution in [0.25, 0.3) is 0 Å². The van der Waals surface area contributed by atoms with Crippen LogP contribution in [0.5, 0.6) is 0 Å². The van der Waals surface area contributed by atoms with Crippen molar-refractivity contribution in [3.63, 3.8) is 0 Å². The summed E-state index contributed by atoms with van der Waals surface area (Å²) in [5.41, 5.74) is -0.0395. The van der Waals surface area contributed by atoms with Crippen molar-refractivity contribution in [3.8, 4) is 0 Å². The molecule has 6 heteroatoms. The zero-order valence-electron chi connectivity index (χ0n) is 8.86. The predicted molar refractivity (Wildman–Crippen MR) is 51.7 cm³/mol. The highest BCUT2D eigenvalue weighted by atomic mass is 16.5. The van der Waals surface area contributed by atoms with E-state index in [9.17, 15) is 9.59 Å². The van der Waals surface area contributed by atoms with Crippen molar-refractivity contribution in [2.24, 2.45) is 5.16 Å². The van der Waals surface area contributed by atoms with Crippen molar-refractivity contribution in [2.75, 3.05) is 14.2 Å². The molecule has 0 aliphatic heterocycles. The third kappa shape index (κ3) is 5.66. The van der Waals surface area contributed by atoms with Gasteiger partial charge < -0.3 is 14.7 Å². The molecule has 0 saturated heterocycles. The molecule has 0 radical (unpaired) electrons. The van der Waals surface area contributed by atoms with E-state index in [0.717, 1.165) is 0 Å². The van der Waals surface area contributed by atoms with Gasteiger partial charge in [0.25, 0.3) is 0 Å². The van der Waals surface area contributed by atoms with Crippen LogP contribution in [0.1, 0.15) is 25.7 Å². The maximum absolute atomic E-state index is 10.9. The minimum atomic E-state index is -0.657. The normalized spacial score (nSPS) is 10.9. The van der Waals surface area contributed by atoms with Crippen molar-refractivity contribution < 1.29 is 24.3 Å². The number of rotatable bonds is 6. The van der Waals surface area contributed by atoms with Crippen molar-refractivity contribution in [1.29, 1.82) is 0 Å². The maximum Gasteiger partial charge on any atom is 0.355 e. The minimum absolute atomic E-state index is 0.0395. The third-order valence-electron chi connectivity index (χ3n) is 1.81. The van der Waals surface area contributed by atoms with Gasteiger partial charge in [0.1, 0.15) is 0 Å². The zero-order chi connectivity index (χ0) is 11.7. The van der Waals surface area contributed by atoms with Gasteiger partial charge in [-0.1, -0.05) is 5.16 Å². The van der Waals surface area contributed by atoms with Crippen LogP contribution in [0.2, 0.25) is 0 Å². The van der Waals surface area contributed by atoms with Crippen molar-refractivity contribution >= 4 is 17.7 Å². The molecule has 0 amide bonds. The molecule has 0 atom stereocenters. The van der Waals surface area contributed by atoms with Crippen molar-refractivity contribution in [2.45, 2.75) is 25.7 Å². The van der Waals surface area contributed by atoms with Gasteiger partial charge in [-0.25, -0.2) is 4.79 Å². The molecular weight excluding hydrogens is 202 g/mol. The SMILES string of the molecule is COC(=O)CCCC/C(=N/O)C(=O)OC. The van der Waals surface area contributed by atoms with Gasteiger partial charge in [0, 0.05) is 12.8 Å². The molecule has 0 aromatic carbocycles. The molecule has 0 bridgehead atoms. The third-order valence-corrected chi connectivity index (χ3v) is 1.81. The van der Waals surface area contributed by atoms with Crippen molar-refractivity contribution in [1.82, 2.24) is 0 Å². The lowest BCUT2D eigenvalue weighted by molar-refractivity contribution is -0.140. The van der Waals surface area contributed by atoms with Crippen LogP contribution >= 0.6 is 0 Å². The molecule has 0 unspecified atom stereocenters. The first-order valence-corrected chi connectivity index (χ1v) is 4.51. The zero-order valence-corrected chi connectivity index (χ0v) is 8.86. The first kappa shape index (κ1) is 13.4. The molecule has 0 aliphatic carbocycles. The molecular formula is C9H15NO5. The van der Waals surface area contributed by atoms with Crippen LogP contribution in [-0.2, 0) is 19.1 Å². The average molecular weight is 217 g/mol. The maximum atomic E-state index is 10.9. The van der Waals surface area contributed by atoms with Crippen LogP contribution in [-0.4, -0.2) is 37.1 Å². The number of oxime groups is 1. The van der Waals surface area contributed by atoms with Crippen LogP contribution < -0.4 is 0 Å². The van der Waals surface area contributed by atoms with E-state index in [4.69, 9.17) is 5.21 Å². The first-order chi connectivity index (χ1) is 7.15. The lowest BCUT2D eigenvalue weighted by Gasteiger charge is -2.01. The Balaban J connectivity index is 3.75. The lowest BCUT2D eigenvalue weighted by atomic mass is 10.1. The van der Waals surface area contributed by atoms with E-state index in [-0.39, 0.29) is 24.5 Å². The Morgan fingerprint density at radius 1 is 1.13 bits per heavy atom. The van der Waals surface area contributed by atoms with Gasteiger partial charge in [0.2, 0.25) is 0 Å². The van der Waals surface area contributed by atoms with E-state index in [1.165, 1.54) is 14.2 Å². The highest BCUT2D eigenvalue weighted by Crippen LogP contribution is 2.03. The van der Waals surface area contributed by atoms with E-state index in [2.05, 4.69) is 14.6 Å². The lowest BCUT2D eigenvalue weighted by Crippen LogP contribution is -2.15. The number of methoxy groups -OCH3 is 2. The molecule has 0 aromatic rings. The second-order valence-electron chi connectivity index (χ2n) is 2.82. The van der Waals surface area contributed by atoms with Gasteiger partial charge in [-0.3, -0.25) is 4.79 Å².